The molecule has 2 N–H and O–H groups in total. The van der Waals surface area contributed by atoms with Gasteiger partial charge in [0, 0.05) is 29.7 Å². The fourth-order valence-electron chi connectivity index (χ4n) is 2.54. The number of carbonyl (C=O) groups excluding carboxylic acids is 1. The van der Waals surface area contributed by atoms with Crippen LogP contribution in [0.1, 0.15) is 0 Å². The SMILES string of the molecule is COc1ccc(NC(=O)Nc2cn(C)c(=O)c3ccccc23)cc1Cl. The molecule has 0 aliphatic rings. The predicted octanol–water partition coefficient (Wildman–Crippen LogP) is 3.84. The van der Waals surface area contributed by atoms with E-state index in [1.165, 1.54) is 11.7 Å². The largest absolute Gasteiger partial charge is 0.495 e. The Balaban J connectivity index is 1.86. The maximum absolute atomic E-state index is 12.3. The summed E-state index contributed by atoms with van der Waals surface area (Å²) in [6.45, 7) is 0. The van der Waals surface area contributed by atoms with Gasteiger partial charge in [0.2, 0.25) is 0 Å². The molecule has 6 nitrogen and oxygen atoms in total. The first-order chi connectivity index (χ1) is 12.0. The molecule has 0 unspecified atom stereocenters. The van der Waals surface area contributed by atoms with E-state index in [0.29, 0.717) is 32.9 Å². The highest BCUT2D eigenvalue weighted by atomic mass is 35.5. The topological polar surface area (TPSA) is 72.4 Å². The Bertz CT molecular complexity index is 1010. The lowest BCUT2D eigenvalue weighted by Crippen LogP contribution is -2.23. The van der Waals surface area contributed by atoms with Gasteiger partial charge in [0.1, 0.15) is 5.75 Å². The van der Waals surface area contributed by atoms with E-state index < -0.39 is 6.03 Å². The number of anilines is 2. The molecule has 0 fully saturated rings. The number of halogens is 1. The molecule has 1 aromatic heterocycles. The van der Waals surface area contributed by atoms with Gasteiger partial charge < -0.3 is 19.9 Å². The molecular formula is C18H16ClN3O3. The summed E-state index contributed by atoms with van der Waals surface area (Å²) in [6.07, 6.45) is 1.59. The van der Waals surface area contributed by atoms with Crippen molar-refractivity contribution in [1.82, 2.24) is 4.57 Å². The number of nitrogens with zero attached hydrogens (tertiary/aromatic N) is 1. The maximum Gasteiger partial charge on any atom is 0.323 e. The highest BCUT2D eigenvalue weighted by molar-refractivity contribution is 6.32. The van der Waals surface area contributed by atoms with Crippen molar-refractivity contribution >= 4 is 39.8 Å². The van der Waals surface area contributed by atoms with E-state index in [0.717, 1.165) is 0 Å². The first-order valence-electron chi connectivity index (χ1n) is 7.49. The van der Waals surface area contributed by atoms with Crippen LogP contribution >= 0.6 is 11.6 Å². The number of pyridine rings is 1. The minimum atomic E-state index is -0.440. The summed E-state index contributed by atoms with van der Waals surface area (Å²) < 4.78 is 6.51. The van der Waals surface area contributed by atoms with Crippen molar-refractivity contribution < 1.29 is 9.53 Å². The number of fused-ring (bicyclic) bond motifs is 1. The molecule has 0 spiro atoms. The van der Waals surface area contributed by atoms with Gasteiger partial charge >= 0.3 is 6.03 Å². The second kappa shape index (κ2) is 6.86. The number of carbonyl (C=O) groups is 1. The number of nitrogens with one attached hydrogen (secondary N) is 2. The van der Waals surface area contributed by atoms with Crippen molar-refractivity contribution in [3.63, 3.8) is 0 Å². The van der Waals surface area contributed by atoms with E-state index in [-0.39, 0.29) is 5.56 Å². The summed E-state index contributed by atoms with van der Waals surface area (Å²) in [7, 11) is 3.16. The summed E-state index contributed by atoms with van der Waals surface area (Å²) in [4.78, 5) is 24.5. The molecule has 128 valence electrons. The first-order valence-corrected chi connectivity index (χ1v) is 7.87. The molecule has 0 saturated heterocycles. The molecule has 0 atom stereocenters. The van der Waals surface area contributed by atoms with Crippen molar-refractivity contribution in [2.75, 3.05) is 17.7 Å². The third-order valence-corrected chi connectivity index (χ3v) is 4.04. The number of amides is 2. The molecule has 3 rings (SSSR count). The normalized spacial score (nSPS) is 10.5. The molecule has 0 saturated carbocycles. The number of methoxy groups -OCH3 is 1. The lowest BCUT2D eigenvalue weighted by atomic mass is 10.1. The monoisotopic (exact) mass is 357 g/mol. The molecule has 3 aromatic rings. The average Bonchev–Trinajstić information content (AvgIpc) is 2.59. The zero-order valence-corrected chi connectivity index (χ0v) is 14.4. The van der Waals surface area contributed by atoms with Gasteiger partial charge in [-0.3, -0.25) is 4.79 Å². The van der Waals surface area contributed by atoms with Crippen LogP contribution in [0.3, 0.4) is 0 Å². The lowest BCUT2D eigenvalue weighted by molar-refractivity contribution is 0.262. The third-order valence-electron chi connectivity index (χ3n) is 3.75. The van der Waals surface area contributed by atoms with E-state index in [9.17, 15) is 9.59 Å². The van der Waals surface area contributed by atoms with E-state index in [2.05, 4.69) is 10.6 Å². The third kappa shape index (κ3) is 3.44. The van der Waals surface area contributed by atoms with Crippen LogP contribution in [-0.4, -0.2) is 17.7 Å². The van der Waals surface area contributed by atoms with Crippen molar-refractivity contribution in [3.8, 4) is 5.75 Å². The van der Waals surface area contributed by atoms with Crippen LogP contribution in [0, 0.1) is 0 Å². The number of ether oxygens (including phenoxy) is 1. The Morgan fingerprint density at radius 1 is 1.12 bits per heavy atom. The number of rotatable bonds is 3. The summed E-state index contributed by atoms with van der Waals surface area (Å²) in [6, 6.07) is 11.6. The Morgan fingerprint density at radius 2 is 1.84 bits per heavy atom. The van der Waals surface area contributed by atoms with Crippen molar-refractivity contribution in [2.45, 2.75) is 0 Å². The predicted molar refractivity (Wildman–Crippen MR) is 99.8 cm³/mol. The zero-order chi connectivity index (χ0) is 18.0. The number of hydrogen-bond acceptors (Lipinski definition) is 3. The molecule has 2 amide bonds. The van der Waals surface area contributed by atoms with Crippen LogP contribution < -0.4 is 20.9 Å². The molecule has 0 radical (unpaired) electrons. The zero-order valence-electron chi connectivity index (χ0n) is 13.7. The second-order valence-corrected chi connectivity index (χ2v) is 5.84. The number of aromatic nitrogens is 1. The number of benzene rings is 2. The molecule has 0 bridgehead atoms. The second-order valence-electron chi connectivity index (χ2n) is 5.43. The van der Waals surface area contributed by atoms with Gasteiger partial charge in [-0.25, -0.2) is 4.79 Å². The van der Waals surface area contributed by atoms with Crippen LogP contribution in [0.15, 0.2) is 53.5 Å². The fraction of sp³-hybridized carbons (Fsp3) is 0.111. The van der Waals surface area contributed by atoms with Crippen LogP contribution in [0.4, 0.5) is 16.2 Å². The molecule has 2 aromatic carbocycles. The van der Waals surface area contributed by atoms with Crippen molar-refractivity contribution in [2.24, 2.45) is 7.05 Å². The molecule has 25 heavy (non-hydrogen) atoms. The molecular weight excluding hydrogens is 342 g/mol. The number of aryl methyl sites for hydroxylation is 1. The average molecular weight is 358 g/mol. The van der Waals surface area contributed by atoms with E-state index in [1.807, 2.05) is 6.07 Å². The molecule has 7 heteroatoms. The van der Waals surface area contributed by atoms with Crippen molar-refractivity contribution in [1.29, 1.82) is 0 Å². The molecule has 0 aliphatic heterocycles. The van der Waals surface area contributed by atoms with Gasteiger partial charge in [-0.2, -0.15) is 0 Å². The standard InChI is InChI=1S/C18H16ClN3O3/c1-22-10-15(12-5-3-4-6-13(12)17(22)23)21-18(24)20-11-7-8-16(25-2)14(19)9-11/h3-10H,1-2H3,(H2,20,21,24). The Kier molecular flexibility index (Phi) is 4.63. The highest BCUT2D eigenvalue weighted by Gasteiger charge is 2.10. The number of urea groups is 1. The molecule has 0 aliphatic carbocycles. The highest BCUT2D eigenvalue weighted by Crippen LogP contribution is 2.27. The van der Waals surface area contributed by atoms with E-state index >= 15 is 0 Å². The Morgan fingerprint density at radius 3 is 2.52 bits per heavy atom. The van der Waals surface area contributed by atoms with Gasteiger partial charge in [0.15, 0.2) is 0 Å². The van der Waals surface area contributed by atoms with Crippen molar-refractivity contribution in [3.05, 3.63) is 64.0 Å². The molecule has 1 heterocycles. The van der Waals surface area contributed by atoms with Crippen LogP contribution in [-0.2, 0) is 7.05 Å². The number of hydrogen-bond donors (Lipinski definition) is 2. The summed E-state index contributed by atoms with van der Waals surface area (Å²) >= 11 is 6.05. The quantitative estimate of drug-likeness (QED) is 0.748. The Labute approximate surface area is 149 Å². The van der Waals surface area contributed by atoms with E-state index in [4.69, 9.17) is 16.3 Å². The minimum Gasteiger partial charge on any atom is -0.495 e. The van der Waals surface area contributed by atoms with E-state index in [1.54, 1.807) is 49.6 Å². The van der Waals surface area contributed by atoms with Gasteiger partial charge in [-0.1, -0.05) is 29.8 Å². The summed E-state index contributed by atoms with van der Waals surface area (Å²) in [5.41, 5.74) is 0.940. The van der Waals surface area contributed by atoms with Gasteiger partial charge in [0.05, 0.1) is 17.8 Å². The smallest absolute Gasteiger partial charge is 0.323 e. The van der Waals surface area contributed by atoms with Gasteiger partial charge in [-0.05, 0) is 24.3 Å². The lowest BCUT2D eigenvalue weighted by Gasteiger charge is -2.12. The first kappa shape index (κ1) is 16.9. The summed E-state index contributed by atoms with van der Waals surface area (Å²) in [5.74, 6) is 0.525. The maximum atomic E-state index is 12.3. The minimum absolute atomic E-state index is 0.122. The van der Waals surface area contributed by atoms with Crippen LogP contribution in [0.5, 0.6) is 5.75 Å². The fourth-order valence-corrected chi connectivity index (χ4v) is 2.80. The Hall–Kier alpha value is -2.99. The van der Waals surface area contributed by atoms with Crippen LogP contribution in [0.25, 0.3) is 10.8 Å². The van der Waals surface area contributed by atoms with Gasteiger partial charge in [-0.15, -0.1) is 0 Å². The van der Waals surface area contributed by atoms with Crippen LogP contribution in [0.2, 0.25) is 5.02 Å². The van der Waals surface area contributed by atoms with Gasteiger partial charge in [0.25, 0.3) is 5.56 Å². The summed E-state index contributed by atoms with van der Waals surface area (Å²) in [5, 5.41) is 7.08.